The monoisotopic (exact) mass is 432 g/mol. The maximum absolute atomic E-state index is 12.6. The van der Waals surface area contributed by atoms with Crippen molar-refractivity contribution < 1.29 is 33.3 Å². The molecule has 4 aliphatic rings. The minimum absolute atomic E-state index is 0.0161. The molecule has 1 saturated heterocycles. The van der Waals surface area contributed by atoms with Crippen LogP contribution in [0.1, 0.15) is 60.8 Å². The first kappa shape index (κ1) is 22.1. The standard InChI is InChI=1S/C24H32O7/c1-7-12(2)20(27)30-18-10-16-22(29-14(4)26)31-21(28-13(3)25)15-8-9-19-23(5,6)17(18)11-24(15,16)19/h7,10,15,17-19,21-22H,8-9,11H2,1-6H3/b12-7-/t15-,17+,18+,19-,21+,22+,24+/m0/s1. The number of allylic oxidation sites excluding steroid dienone is 1. The minimum atomic E-state index is -0.961. The third-order valence-electron chi connectivity index (χ3n) is 8.13. The number of hydrogen-bond acceptors (Lipinski definition) is 7. The molecule has 1 aliphatic heterocycles. The highest BCUT2D eigenvalue weighted by molar-refractivity contribution is 5.87. The molecule has 2 saturated carbocycles. The summed E-state index contributed by atoms with van der Waals surface area (Å²) < 4.78 is 23.1. The van der Waals surface area contributed by atoms with Crippen LogP contribution < -0.4 is 0 Å². The van der Waals surface area contributed by atoms with Crippen molar-refractivity contribution in [1.29, 1.82) is 0 Å². The third-order valence-corrected chi connectivity index (χ3v) is 8.13. The van der Waals surface area contributed by atoms with Crippen LogP contribution in [0, 0.1) is 28.6 Å². The van der Waals surface area contributed by atoms with Crippen molar-refractivity contribution in [1.82, 2.24) is 0 Å². The number of ether oxygens (including phenoxy) is 4. The normalized spacial score (nSPS) is 39.9. The van der Waals surface area contributed by atoms with Crippen LogP contribution in [-0.2, 0) is 33.3 Å². The lowest BCUT2D eigenvalue weighted by Gasteiger charge is -2.50. The molecule has 2 bridgehead atoms. The van der Waals surface area contributed by atoms with E-state index in [1.54, 1.807) is 19.9 Å². The van der Waals surface area contributed by atoms with Gasteiger partial charge in [0.05, 0.1) is 0 Å². The van der Waals surface area contributed by atoms with Crippen molar-refractivity contribution in [3.8, 4) is 0 Å². The lowest BCUT2D eigenvalue weighted by molar-refractivity contribution is -0.273. The van der Waals surface area contributed by atoms with Gasteiger partial charge in [-0.15, -0.1) is 0 Å². The topological polar surface area (TPSA) is 88.1 Å². The Bertz CT molecular complexity index is 869. The van der Waals surface area contributed by atoms with Gasteiger partial charge >= 0.3 is 17.9 Å². The Morgan fingerprint density at radius 2 is 1.71 bits per heavy atom. The molecule has 0 aromatic carbocycles. The number of fused-ring (bicyclic) bond motifs is 1. The van der Waals surface area contributed by atoms with Gasteiger partial charge in [-0.05, 0) is 50.5 Å². The van der Waals surface area contributed by atoms with Gasteiger partial charge in [-0.2, -0.15) is 0 Å². The van der Waals surface area contributed by atoms with Gasteiger partial charge in [0, 0.05) is 42.2 Å². The van der Waals surface area contributed by atoms with Gasteiger partial charge in [-0.3, -0.25) is 14.3 Å². The van der Waals surface area contributed by atoms with E-state index in [0.29, 0.717) is 5.57 Å². The number of rotatable bonds is 4. The summed E-state index contributed by atoms with van der Waals surface area (Å²) in [5.41, 5.74) is 1.00. The molecule has 1 spiro atoms. The first-order valence-corrected chi connectivity index (χ1v) is 11.1. The molecule has 7 nitrogen and oxygen atoms in total. The van der Waals surface area contributed by atoms with Crippen LogP contribution in [0.2, 0.25) is 0 Å². The van der Waals surface area contributed by atoms with Gasteiger partial charge in [0.15, 0.2) is 0 Å². The van der Waals surface area contributed by atoms with E-state index in [9.17, 15) is 14.4 Å². The Labute approximate surface area is 183 Å². The zero-order valence-electron chi connectivity index (χ0n) is 19.1. The molecule has 170 valence electrons. The van der Waals surface area contributed by atoms with Crippen LogP contribution in [0.3, 0.4) is 0 Å². The Morgan fingerprint density at radius 3 is 2.32 bits per heavy atom. The van der Waals surface area contributed by atoms with Crippen molar-refractivity contribution in [2.24, 2.45) is 28.6 Å². The summed E-state index contributed by atoms with van der Waals surface area (Å²) in [4.78, 5) is 36.3. The summed E-state index contributed by atoms with van der Waals surface area (Å²) in [5.74, 6) is -0.855. The fraction of sp³-hybridized carbons (Fsp3) is 0.708. The van der Waals surface area contributed by atoms with E-state index >= 15 is 0 Å². The molecule has 1 heterocycles. The second-order valence-electron chi connectivity index (χ2n) is 9.93. The zero-order valence-corrected chi connectivity index (χ0v) is 19.1. The van der Waals surface area contributed by atoms with Crippen molar-refractivity contribution in [3.63, 3.8) is 0 Å². The fourth-order valence-electron chi connectivity index (χ4n) is 6.79. The highest BCUT2D eigenvalue weighted by Crippen LogP contribution is 2.74. The number of hydrogen-bond donors (Lipinski definition) is 0. The summed E-state index contributed by atoms with van der Waals surface area (Å²) in [6, 6.07) is 0. The summed E-state index contributed by atoms with van der Waals surface area (Å²) in [5, 5.41) is 0. The van der Waals surface area contributed by atoms with E-state index in [-0.39, 0.29) is 34.6 Å². The SMILES string of the molecule is C/C=C(/C)C(=O)O[C@@H]1C=C2[C@H](OC(C)=O)O[C@@H](OC(C)=O)[C@@H]3CC[C@H]4C(C)(C)[C@@H]1C[C@]234. The Kier molecular flexibility index (Phi) is 5.31. The molecule has 7 heteroatoms. The Morgan fingerprint density at radius 1 is 1.03 bits per heavy atom. The van der Waals surface area contributed by atoms with Gasteiger partial charge in [-0.25, -0.2) is 4.79 Å². The van der Waals surface area contributed by atoms with Crippen LogP contribution >= 0.6 is 0 Å². The van der Waals surface area contributed by atoms with Crippen LogP contribution in [0.15, 0.2) is 23.3 Å². The van der Waals surface area contributed by atoms with Crippen molar-refractivity contribution in [2.75, 3.05) is 0 Å². The second kappa shape index (κ2) is 7.47. The molecule has 0 N–H and O–H groups in total. The van der Waals surface area contributed by atoms with Crippen molar-refractivity contribution in [2.45, 2.75) is 79.5 Å². The quantitative estimate of drug-likeness (QED) is 0.290. The molecule has 0 aromatic heterocycles. The van der Waals surface area contributed by atoms with Gasteiger partial charge in [-0.1, -0.05) is 19.9 Å². The summed E-state index contributed by atoms with van der Waals surface area (Å²) >= 11 is 0. The van der Waals surface area contributed by atoms with Crippen LogP contribution in [-0.4, -0.2) is 36.6 Å². The van der Waals surface area contributed by atoms with Gasteiger partial charge in [0.1, 0.15) is 6.10 Å². The highest BCUT2D eigenvalue weighted by Gasteiger charge is 2.72. The van der Waals surface area contributed by atoms with Gasteiger partial charge < -0.3 is 14.2 Å². The number of esters is 3. The minimum Gasteiger partial charge on any atom is -0.454 e. The Hall–Kier alpha value is -2.15. The van der Waals surface area contributed by atoms with Gasteiger partial charge in [0.2, 0.25) is 12.6 Å². The Balaban J connectivity index is 1.80. The zero-order chi connectivity index (χ0) is 22.7. The second-order valence-corrected chi connectivity index (χ2v) is 9.93. The van der Waals surface area contributed by atoms with Crippen molar-refractivity contribution in [3.05, 3.63) is 23.3 Å². The summed E-state index contributed by atoms with van der Waals surface area (Å²) in [7, 11) is 0. The predicted octanol–water partition coefficient (Wildman–Crippen LogP) is 3.67. The molecule has 3 aliphatic carbocycles. The van der Waals surface area contributed by atoms with Crippen LogP contribution in [0.25, 0.3) is 0 Å². The largest absolute Gasteiger partial charge is 0.454 e. The molecule has 0 radical (unpaired) electrons. The first-order chi connectivity index (χ1) is 14.5. The predicted molar refractivity (Wildman–Crippen MR) is 110 cm³/mol. The number of carbonyl (C=O) groups is 3. The van der Waals surface area contributed by atoms with Crippen LogP contribution in [0.5, 0.6) is 0 Å². The van der Waals surface area contributed by atoms with Gasteiger partial charge in [0.25, 0.3) is 0 Å². The fourth-order valence-corrected chi connectivity index (χ4v) is 6.79. The maximum atomic E-state index is 12.6. The highest BCUT2D eigenvalue weighted by atomic mass is 16.8. The van der Waals surface area contributed by atoms with E-state index < -0.39 is 30.6 Å². The smallest absolute Gasteiger partial charge is 0.333 e. The van der Waals surface area contributed by atoms with Crippen molar-refractivity contribution >= 4 is 17.9 Å². The molecule has 0 aromatic rings. The molecular weight excluding hydrogens is 400 g/mol. The van der Waals surface area contributed by atoms with E-state index in [0.717, 1.165) is 24.8 Å². The van der Waals surface area contributed by atoms with E-state index in [1.165, 1.54) is 13.8 Å². The van der Waals surface area contributed by atoms with Crippen LogP contribution in [0.4, 0.5) is 0 Å². The molecule has 0 unspecified atom stereocenters. The molecule has 7 atom stereocenters. The average molecular weight is 433 g/mol. The molecular formula is C24H32O7. The van der Waals surface area contributed by atoms with E-state index in [1.807, 2.05) is 6.08 Å². The number of carbonyl (C=O) groups excluding carboxylic acids is 3. The molecule has 31 heavy (non-hydrogen) atoms. The summed E-state index contributed by atoms with van der Waals surface area (Å²) in [6.07, 6.45) is 4.13. The summed E-state index contributed by atoms with van der Waals surface area (Å²) in [6.45, 7) is 10.7. The first-order valence-electron chi connectivity index (χ1n) is 11.1. The third kappa shape index (κ3) is 3.23. The van der Waals surface area contributed by atoms with E-state index in [2.05, 4.69) is 13.8 Å². The van der Waals surface area contributed by atoms with E-state index in [4.69, 9.17) is 18.9 Å². The molecule has 3 fully saturated rings. The lowest BCUT2D eigenvalue weighted by atomic mass is 9.63. The lowest BCUT2D eigenvalue weighted by Crippen LogP contribution is -2.53. The molecule has 4 rings (SSSR count). The molecule has 0 amide bonds. The average Bonchev–Trinajstić information content (AvgIpc) is 3.14. The maximum Gasteiger partial charge on any atom is 0.333 e.